The largest absolute Gasteiger partial charge is 0.381 e. The minimum atomic E-state index is 0.290. The number of ether oxygens (including phenoxy) is 2. The molecule has 0 atom stereocenters. The highest BCUT2D eigenvalue weighted by atomic mass is 16.5. The van der Waals surface area contributed by atoms with Gasteiger partial charge in [0.2, 0.25) is 0 Å². The Bertz CT molecular complexity index is 198. The summed E-state index contributed by atoms with van der Waals surface area (Å²) in [7, 11) is 1.93. The van der Waals surface area contributed by atoms with E-state index < -0.39 is 0 Å². The molecule has 0 aromatic heterocycles. The van der Waals surface area contributed by atoms with Crippen molar-refractivity contribution in [2.24, 2.45) is 0 Å². The number of rotatable bonds is 15. The number of carbonyl (C=O) groups is 1. The lowest BCUT2D eigenvalue weighted by molar-refractivity contribution is -0.117. The fourth-order valence-corrected chi connectivity index (χ4v) is 1.72. The molecule has 0 aromatic carbocycles. The first kappa shape index (κ1) is 18.6. The van der Waals surface area contributed by atoms with Gasteiger partial charge in [-0.15, -0.1) is 0 Å². The Balaban J connectivity index is 2.93. The van der Waals surface area contributed by atoms with Crippen molar-refractivity contribution in [2.75, 3.05) is 40.0 Å². The quantitative estimate of drug-likeness (QED) is 0.466. The lowest BCUT2D eigenvalue weighted by atomic mass is 10.1. The predicted molar refractivity (Wildman–Crippen MR) is 78.6 cm³/mol. The van der Waals surface area contributed by atoms with Gasteiger partial charge in [0, 0.05) is 32.8 Å². The Morgan fingerprint density at radius 2 is 1.37 bits per heavy atom. The third-order valence-electron chi connectivity index (χ3n) is 2.89. The Labute approximate surface area is 118 Å². The van der Waals surface area contributed by atoms with E-state index in [1.807, 2.05) is 7.05 Å². The molecule has 0 unspecified atom stereocenters. The molecule has 0 aliphatic heterocycles. The maximum Gasteiger partial charge on any atom is 0.129 e. The van der Waals surface area contributed by atoms with Crippen LogP contribution in [0.4, 0.5) is 0 Å². The van der Waals surface area contributed by atoms with Crippen LogP contribution in [0.1, 0.15) is 51.9 Å². The summed E-state index contributed by atoms with van der Waals surface area (Å²) >= 11 is 0. The van der Waals surface area contributed by atoms with Crippen molar-refractivity contribution in [2.45, 2.75) is 51.9 Å². The number of ketones is 1. The standard InChI is InChI=1S/C15H31NO3/c1-15(17)9-5-3-6-11-18-12-7-4-8-13-19-14-10-16-2/h16H,3-14H2,1-2H3. The van der Waals surface area contributed by atoms with Gasteiger partial charge in [0.25, 0.3) is 0 Å². The van der Waals surface area contributed by atoms with E-state index in [4.69, 9.17) is 9.47 Å². The molecule has 0 bridgehead atoms. The molecule has 0 fully saturated rings. The molecule has 0 aliphatic rings. The number of hydrogen-bond acceptors (Lipinski definition) is 4. The molecule has 0 radical (unpaired) electrons. The van der Waals surface area contributed by atoms with E-state index in [2.05, 4.69) is 5.32 Å². The van der Waals surface area contributed by atoms with Crippen LogP contribution in [-0.2, 0) is 14.3 Å². The normalized spacial score (nSPS) is 10.8. The van der Waals surface area contributed by atoms with Crippen LogP contribution in [-0.4, -0.2) is 45.8 Å². The minimum Gasteiger partial charge on any atom is -0.381 e. The molecular weight excluding hydrogens is 242 g/mol. The maximum atomic E-state index is 10.7. The molecule has 0 aromatic rings. The van der Waals surface area contributed by atoms with Crippen molar-refractivity contribution in [3.05, 3.63) is 0 Å². The fourth-order valence-electron chi connectivity index (χ4n) is 1.72. The molecule has 114 valence electrons. The molecule has 0 spiro atoms. The van der Waals surface area contributed by atoms with E-state index in [-0.39, 0.29) is 5.78 Å². The van der Waals surface area contributed by atoms with Gasteiger partial charge in [0.1, 0.15) is 5.78 Å². The monoisotopic (exact) mass is 273 g/mol. The fraction of sp³-hybridized carbons (Fsp3) is 0.933. The van der Waals surface area contributed by atoms with Crippen LogP contribution in [0.15, 0.2) is 0 Å². The van der Waals surface area contributed by atoms with Crippen molar-refractivity contribution in [3.63, 3.8) is 0 Å². The highest BCUT2D eigenvalue weighted by Crippen LogP contribution is 2.02. The zero-order valence-corrected chi connectivity index (χ0v) is 12.7. The molecular formula is C15H31NO3. The summed E-state index contributed by atoms with van der Waals surface area (Å²) in [5, 5.41) is 3.05. The smallest absolute Gasteiger partial charge is 0.129 e. The summed E-state index contributed by atoms with van der Waals surface area (Å²) < 4.78 is 11.0. The second-order valence-corrected chi connectivity index (χ2v) is 4.90. The summed E-state index contributed by atoms with van der Waals surface area (Å²) in [6.45, 7) is 5.91. The number of nitrogens with one attached hydrogen (secondary N) is 1. The van der Waals surface area contributed by atoms with Gasteiger partial charge in [-0.25, -0.2) is 0 Å². The van der Waals surface area contributed by atoms with Gasteiger partial charge in [-0.05, 0) is 46.1 Å². The number of Topliss-reactive ketones (excluding diaryl/α,β-unsaturated/α-hetero) is 1. The highest BCUT2D eigenvalue weighted by Gasteiger charge is 1.95. The average molecular weight is 273 g/mol. The first-order valence-corrected chi connectivity index (χ1v) is 7.57. The van der Waals surface area contributed by atoms with E-state index in [0.29, 0.717) is 6.42 Å². The first-order valence-electron chi connectivity index (χ1n) is 7.57. The molecule has 0 heterocycles. The third kappa shape index (κ3) is 17.6. The van der Waals surface area contributed by atoms with E-state index in [9.17, 15) is 4.79 Å². The van der Waals surface area contributed by atoms with Gasteiger partial charge in [-0.2, -0.15) is 0 Å². The van der Waals surface area contributed by atoms with Crippen molar-refractivity contribution < 1.29 is 14.3 Å². The van der Waals surface area contributed by atoms with Crippen molar-refractivity contribution in [1.29, 1.82) is 0 Å². The molecule has 0 amide bonds. The van der Waals surface area contributed by atoms with Gasteiger partial charge in [0.15, 0.2) is 0 Å². The van der Waals surface area contributed by atoms with Crippen LogP contribution < -0.4 is 5.32 Å². The van der Waals surface area contributed by atoms with E-state index >= 15 is 0 Å². The summed E-state index contributed by atoms with van der Waals surface area (Å²) in [6, 6.07) is 0. The minimum absolute atomic E-state index is 0.290. The van der Waals surface area contributed by atoms with Crippen LogP contribution >= 0.6 is 0 Å². The zero-order valence-electron chi connectivity index (χ0n) is 12.7. The van der Waals surface area contributed by atoms with Gasteiger partial charge in [-0.1, -0.05) is 6.42 Å². The lowest BCUT2D eigenvalue weighted by Crippen LogP contribution is -2.14. The molecule has 19 heavy (non-hydrogen) atoms. The molecule has 4 nitrogen and oxygen atoms in total. The summed E-state index contributed by atoms with van der Waals surface area (Å²) in [6.07, 6.45) is 7.29. The number of likely N-dealkylation sites (N-methyl/N-ethyl adjacent to an activating group) is 1. The van der Waals surface area contributed by atoms with Crippen LogP contribution in [0.5, 0.6) is 0 Å². The van der Waals surface area contributed by atoms with E-state index in [0.717, 1.165) is 65.1 Å². The first-order chi connectivity index (χ1) is 9.27. The van der Waals surface area contributed by atoms with Crippen molar-refractivity contribution in [3.8, 4) is 0 Å². The van der Waals surface area contributed by atoms with Crippen LogP contribution in [0, 0.1) is 0 Å². The predicted octanol–water partition coefficient (Wildman–Crippen LogP) is 2.56. The summed E-state index contributed by atoms with van der Waals surface area (Å²) in [5.41, 5.74) is 0. The maximum absolute atomic E-state index is 10.7. The Hall–Kier alpha value is -0.450. The molecule has 0 saturated carbocycles. The third-order valence-corrected chi connectivity index (χ3v) is 2.89. The molecule has 0 saturated heterocycles. The summed E-state index contributed by atoms with van der Waals surface area (Å²) in [4.78, 5) is 10.7. The lowest BCUT2D eigenvalue weighted by Gasteiger charge is -2.05. The second-order valence-electron chi connectivity index (χ2n) is 4.90. The average Bonchev–Trinajstić information content (AvgIpc) is 2.39. The second kappa shape index (κ2) is 15.6. The Morgan fingerprint density at radius 3 is 1.89 bits per heavy atom. The number of unbranched alkanes of at least 4 members (excludes halogenated alkanes) is 4. The Morgan fingerprint density at radius 1 is 0.842 bits per heavy atom. The molecule has 0 rings (SSSR count). The van der Waals surface area contributed by atoms with E-state index in [1.54, 1.807) is 6.92 Å². The summed E-state index contributed by atoms with van der Waals surface area (Å²) in [5.74, 6) is 0.290. The number of carbonyl (C=O) groups excluding carboxylic acids is 1. The van der Waals surface area contributed by atoms with Crippen molar-refractivity contribution >= 4 is 5.78 Å². The molecule has 0 aliphatic carbocycles. The van der Waals surface area contributed by atoms with Gasteiger partial charge in [0.05, 0.1) is 6.61 Å². The van der Waals surface area contributed by atoms with E-state index in [1.165, 1.54) is 6.42 Å². The zero-order chi connectivity index (χ0) is 14.2. The Kier molecular flexibility index (Phi) is 15.2. The number of hydrogen-bond donors (Lipinski definition) is 1. The van der Waals surface area contributed by atoms with Crippen LogP contribution in [0.3, 0.4) is 0 Å². The topological polar surface area (TPSA) is 47.6 Å². The van der Waals surface area contributed by atoms with Crippen molar-refractivity contribution in [1.82, 2.24) is 5.32 Å². The van der Waals surface area contributed by atoms with Crippen LogP contribution in [0.25, 0.3) is 0 Å². The molecule has 1 N–H and O–H groups in total. The van der Waals surface area contributed by atoms with Gasteiger partial charge in [-0.3, -0.25) is 0 Å². The van der Waals surface area contributed by atoms with Gasteiger partial charge < -0.3 is 19.6 Å². The van der Waals surface area contributed by atoms with Gasteiger partial charge >= 0.3 is 0 Å². The molecule has 4 heteroatoms. The highest BCUT2D eigenvalue weighted by molar-refractivity contribution is 5.75. The SMILES string of the molecule is CNCCOCCCCCOCCCCCC(C)=O. The van der Waals surface area contributed by atoms with Crippen LogP contribution in [0.2, 0.25) is 0 Å².